The van der Waals surface area contributed by atoms with Crippen LogP contribution in [0.25, 0.3) is 0 Å². The topological polar surface area (TPSA) is 30.0 Å². The molecule has 0 aliphatic carbocycles. The Bertz CT molecular complexity index is 296. The molecule has 0 bridgehead atoms. The summed E-state index contributed by atoms with van der Waals surface area (Å²) < 4.78 is 0. The van der Waals surface area contributed by atoms with Crippen LogP contribution in [0.4, 0.5) is 0 Å². The van der Waals surface area contributed by atoms with Gasteiger partial charge in [-0.3, -0.25) is 9.78 Å². The molecule has 1 heterocycles. The molecule has 2 nitrogen and oxygen atoms in total. The van der Waals surface area contributed by atoms with Crippen LogP contribution in [0.3, 0.4) is 0 Å². The zero-order valence-electron chi connectivity index (χ0n) is 6.39. The summed E-state index contributed by atoms with van der Waals surface area (Å²) >= 11 is 5.28. The number of rotatable bonds is 1. The van der Waals surface area contributed by atoms with E-state index in [4.69, 9.17) is 11.6 Å². The van der Waals surface area contributed by atoms with Gasteiger partial charge in [0.05, 0.1) is 5.56 Å². The molecule has 1 aromatic rings. The van der Waals surface area contributed by atoms with Gasteiger partial charge in [-0.2, -0.15) is 0 Å². The summed E-state index contributed by atoms with van der Waals surface area (Å²) in [5, 5.41) is -0.449. The third-order valence-corrected chi connectivity index (χ3v) is 1.64. The molecule has 58 valence electrons. The Kier molecular flexibility index (Phi) is 2.25. The van der Waals surface area contributed by atoms with Gasteiger partial charge in [0.25, 0.3) is 5.24 Å². The zero-order valence-corrected chi connectivity index (χ0v) is 7.14. The van der Waals surface area contributed by atoms with E-state index in [0.29, 0.717) is 11.3 Å². The largest absolute Gasteiger partial charge is 0.276 e. The minimum atomic E-state index is -0.449. The first-order valence-corrected chi connectivity index (χ1v) is 3.63. The van der Waals surface area contributed by atoms with Crippen molar-refractivity contribution in [1.82, 2.24) is 4.98 Å². The number of aryl methyl sites for hydroxylation is 2. The number of hydrogen-bond acceptors (Lipinski definition) is 2. The molecule has 1 rings (SSSR count). The Labute approximate surface area is 70.2 Å². The zero-order chi connectivity index (χ0) is 8.43. The minimum Gasteiger partial charge on any atom is -0.276 e. The van der Waals surface area contributed by atoms with Gasteiger partial charge in [0.1, 0.15) is 0 Å². The highest BCUT2D eigenvalue weighted by Gasteiger charge is 2.05. The van der Waals surface area contributed by atoms with Crippen molar-refractivity contribution in [1.29, 1.82) is 0 Å². The van der Waals surface area contributed by atoms with E-state index in [2.05, 4.69) is 4.98 Å². The fourth-order valence-electron chi connectivity index (χ4n) is 0.894. The summed E-state index contributed by atoms with van der Waals surface area (Å²) in [6, 6.07) is 3.45. The molecular formula is C8H8ClNO. The molecule has 3 heteroatoms. The van der Waals surface area contributed by atoms with Crippen LogP contribution in [-0.4, -0.2) is 10.2 Å². The van der Waals surface area contributed by atoms with E-state index >= 15 is 0 Å². The van der Waals surface area contributed by atoms with E-state index < -0.39 is 5.24 Å². The lowest BCUT2D eigenvalue weighted by atomic mass is 10.2. The van der Waals surface area contributed by atoms with Gasteiger partial charge in [0.2, 0.25) is 0 Å². The maximum Gasteiger partial charge on any atom is 0.254 e. The number of carbonyl (C=O) groups excluding carboxylic acids is 1. The third kappa shape index (κ3) is 1.77. The van der Waals surface area contributed by atoms with Crippen LogP contribution < -0.4 is 0 Å². The van der Waals surface area contributed by atoms with E-state index in [1.54, 1.807) is 19.1 Å². The van der Waals surface area contributed by atoms with Crippen molar-refractivity contribution in [2.24, 2.45) is 0 Å². The van der Waals surface area contributed by atoms with Crippen LogP contribution in [0.1, 0.15) is 21.7 Å². The molecule has 0 saturated heterocycles. The SMILES string of the molecule is Cc1ccc(C(=O)Cl)c(C)n1. The molecular weight excluding hydrogens is 162 g/mol. The lowest BCUT2D eigenvalue weighted by molar-refractivity contribution is 0.108. The second-order valence-electron chi connectivity index (χ2n) is 2.36. The summed E-state index contributed by atoms with van der Waals surface area (Å²) in [4.78, 5) is 14.8. The average molecular weight is 170 g/mol. The van der Waals surface area contributed by atoms with Crippen LogP contribution in [0, 0.1) is 13.8 Å². The maximum atomic E-state index is 10.7. The number of nitrogens with zero attached hydrogens (tertiary/aromatic N) is 1. The minimum absolute atomic E-state index is 0.449. The van der Waals surface area contributed by atoms with Gasteiger partial charge in [-0.25, -0.2) is 0 Å². The Morgan fingerprint density at radius 2 is 2.09 bits per heavy atom. The maximum absolute atomic E-state index is 10.7. The highest BCUT2D eigenvalue weighted by molar-refractivity contribution is 6.67. The van der Waals surface area contributed by atoms with Gasteiger partial charge in [-0.15, -0.1) is 0 Å². The van der Waals surface area contributed by atoms with Crippen LogP contribution in [0.5, 0.6) is 0 Å². The average Bonchev–Trinajstić information content (AvgIpc) is 1.85. The molecule has 11 heavy (non-hydrogen) atoms. The lowest BCUT2D eigenvalue weighted by Gasteiger charge is -1.99. The summed E-state index contributed by atoms with van der Waals surface area (Å²) in [5.74, 6) is 0. The number of pyridine rings is 1. The van der Waals surface area contributed by atoms with Gasteiger partial charge in [0, 0.05) is 11.4 Å². The molecule has 1 aromatic heterocycles. The molecule has 0 saturated carbocycles. The van der Waals surface area contributed by atoms with Crippen molar-refractivity contribution in [2.75, 3.05) is 0 Å². The van der Waals surface area contributed by atoms with E-state index in [1.165, 1.54) is 0 Å². The van der Waals surface area contributed by atoms with Crippen LogP contribution in [-0.2, 0) is 0 Å². The molecule has 0 unspecified atom stereocenters. The third-order valence-electron chi connectivity index (χ3n) is 1.44. The van der Waals surface area contributed by atoms with Crippen molar-refractivity contribution < 1.29 is 4.79 Å². The van der Waals surface area contributed by atoms with Crippen molar-refractivity contribution in [2.45, 2.75) is 13.8 Å². The molecule has 0 N–H and O–H groups in total. The molecule has 0 aliphatic rings. The molecule has 0 radical (unpaired) electrons. The van der Waals surface area contributed by atoms with Crippen molar-refractivity contribution in [3.05, 3.63) is 29.1 Å². The van der Waals surface area contributed by atoms with Crippen molar-refractivity contribution in [3.8, 4) is 0 Å². The Hall–Kier alpha value is -0.890. The molecule has 0 atom stereocenters. The van der Waals surface area contributed by atoms with Crippen LogP contribution in [0.15, 0.2) is 12.1 Å². The standard InChI is InChI=1S/C8H8ClNO/c1-5-3-4-7(8(9)11)6(2)10-5/h3-4H,1-2H3. The Morgan fingerprint density at radius 1 is 1.45 bits per heavy atom. The number of halogens is 1. The van der Waals surface area contributed by atoms with Gasteiger partial charge in [0.15, 0.2) is 0 Å². The van der Waals surface area contributed by atoms with Gasteiger partial charge < -0.3 is 0 Å². The van der Waals surface area contributed by atoms with E-state index in [-0.39, 0.29) is 0 Å². The first-order valence-electron chi connectivity index (χ1n) is 3.25. The fraction of sp³-hybridized carbons (Fsp3) is 0.250. The molecule has 0 amide bonds. The first kappa shape index (κ1) is 8.21. The molecule has 0 aliphatic heterocycles. The van der Waals surface area contributed by atoms with Gasteiger partial charge in [-0.1, -0.05) is 0 Å². The monoisotopic (exact) mass is 169 g/mol. The van der Waals surface area contributed by atoms with E-state index in [1.807, 2.05) is 6.92 Å². The quantitative estimate of drug-likeness (QED) is 0.603. The molecule has 0 spiro atoms. The van der Waals surface area contributed by atoms with Crippen LogP contribution >= 0.6 is 11.6 Å². The summed E-state index contributed by atoms with van der Waals surface area (Å²) in [6.07, 6.45) is 0. The number of aromatic nitrogens is 1. The van der Waals surface area contributed by atoms with Gasteiger partial charge >= 0.3 is 0 Å². The highest BCUT2D eigenvalue weighted by atomic mass is 35.5. The summed E-state index contributed by atoms with van der Waals surface area (Å²) in [7, 11) is 0. The van der Waals surface area contributed by atoms with Crippen LogP contribution in [0.2, 0.25) is 0 Å². The second kappa shape index (κ2) is 3.01. The van der Waals surface area contributed by atoms with Crippen molar-refractivity contribution >= 4 is 16.8 Å². The van der Waals surface area contributed by atoms with E-state index in [0.717, 1.165) is 5.69 Å². The molecule has 0 fully saturated rings. The Balaban J connectivity index is 3.20. The molecule has 0 aromatic carbocycles. The predicted octanol–water partition coefficient (Wildman–Crippen LogP) is 2.08. The summed E-state index contributed by atoms with van der Waals surface area (Å²) in [6.45, 7) is 3.64. The van der Waals surface area contributed by atoms with Crippen molar-refractivity contribution in [3.63, 3.8) is 0 Å². The lowest BCUT2D eigenvalue weighted by Crippen LogP contribution is -1.96. The second-order valence-corrected chi connectivity index (χ2v) is 2.70. The number of carbonyl (C=O) groups is 1. The highest BCUT2D eigenvalue weighted by Crippen LogP contribution is 2.08. The first-order chi connectivity index (χ1) is 5.11. The van der Waals surface area contributed by atoms with E-state index in [9.17, 15) is 4.79 Å². The summed E-state index contributed by atoms with van der Waals surface area (Å²) in [5.41, 5.74) is 2.06. The predicted molar refractivity (Wildman–Crippen MR) is 43.9 cm³/mol. The normalized spacial score (nSPS) is 9.73. The Morgan fingerprint density at radius 3 is 2.55 bits per heavy atom. The number of hydrogen-bond donors (Lipinski definition) is 0. The van der Waals surface area contributed by atoms with Gasteiger partial charge in [-0.05, 0) is 37.6 Å². The smallest absolute Gasteiger partial charge is 0.254 e. The fourth-order valence-corrected chi connectivity index (χ4v) is 1.09.